The highest BCUT2D eigenvalue weighted by molar-refractivity contribution is 6.68. The third-order valence-electron chi connectivity index (χ3n) is 1.05. The van der Waals surface area contributed by atoms with Gasteiger partial charge in [-0.3, -0.25) is 4.79 Å². The van der Waals surface area contributed by atoms with Crippen LogP contribution in [0.5, 0.6) is 0 Å². The van der Waals surface area contributed by atoms with Crippen LogP contribution in [0.2, 0.25) is 0 Å². The van der Waals surface area contributed by atoms with E-state index in [1.54, 1.807) is 30.6 Å². The van der Waals surface area contributed by atoms with Gasteiger partial charge in [0.05, 0.1) is 0 Å². The van der Waals surface area contributed by atoms with Crippen LogP contribution in [0.25, 0.3) is 0 Å². The van der Waals surface area contributed by atoms with Gasteiger partial charge in [0.25, 0.3) is 5.24 Å². The summed E-state index contributed by atoms with van der Waals surface area (Å²) in [6.07, 6.45) is 8.43. The molecule has 1 N–H and O–H groups in total. The topological polar surface area (TPSA) is 29.1 Å². The Balaban J connectivity index is 2.78. The van der Waals surface area contributed by atoms with E-state index in [2.05, 4.69) is 5.32 Å². The Bertz CT molecular complexity index is 228. The Morgan fingerprint density at radius 1 is 1.50 bits per heavy atom. The Morgan fingerprint density at radius 2 is 2.30 bits per heavy atom. The molecule has 0 saturated heterocycles. The Hall–Kier alpha value is -1.02. The molecule has 3 heteroatoms. The smallest absolute Gasteiger partial charge is 0.253 e. The number of nitrogens with one attached hydrogen (secondary N) is 1. The van der Waals surface area contributed by atoms with Crippen LogP contribution in [0.3, 0.4) is 0 Å². The van der Waals surface area contributed by atoms with Crippen LogP contribution in [-0.4, -0.2) is 5.24 Å². The van der Waals surface area contributed by atoms with Gasteiger partial charge >= 0.3 is 0 Å². The summed E-state index contributed by atoms with van der Waals surface area (Å²) in [6, 6.07) is 0. The molecule has 0 fully saturated rings. The largest absolute Gasteiger partial charge is 0.367 e. The van der Waals surface area contributed by atoms with Crippen LogP contribution in [0, 0.1) is 0 Å². The van der Waals surface area contributed by atoms with Crippen LogP contribution in [-0.2, 0) is 4.79 Å². The summed E-state index contributed by atoms with van der Waals surface area (Å²) in [5.41, 5.74) is 0.465. The van der Waals surface area contributed by atoms with Gasteiger partial charge in [-0.15, -0.1) is 0 Å². The summed E-state index contributed by atoms with van der Waals surface area (Å²) in [6.45, 7) is 0. The van der Waals surface area contributed by atoms with Crippen LogP contribution in [0.15, 0.2) is 36.2 Å². The molecule has 0 unspecified atom stereocenters. The lowest BCUT2D eigenvalue weighted by Gasteiger charge is -1.90. The van der Waals surface area contributed by atoms with E-state index in [1.165, 1.54) is 0 Å². The molecule has 0 atom stereocenters. The molecule has 0 aromatic rings. The normalized spacial score (nSPS) is 15.5. The average molecular weight is 156 g/mol. The van der Waals surface area contributed by atoms with Crippen LogP contribution in [0.4, 0.5) is 0 Å². The van der Waals surface area contributed by atoms with E-state index in [-0.39, 0.29) is 0 Å². The van der Waals surface area contributed by atoms with Crippen molar-refractivity contribution in [2.24, 2.45) is 0 Å². The fraction of sp³-hybridized carbons (Fsp3) is 0. The molecule has 1 aliphatic rings. The zero-order chi connectivity index (χ0) is 7.40. The van der Waals surface area contributed by atoms with Crippen molar-refractivity contribution in [2.75, 3.05) is 0 Å². The van der Waals surface area contributed by atoms with Gasteiger partial charge in [0.1, 0.15) is 0 Å². The Labute approximate surface area is 63.9 Å². The molecule has 0 saturated carbocycles. The van der Waals surface area contributed by atoms with E-state index in [1.807, 2.05) is 0 Å². The van der Waals surface area contributed by atoms with Crippen molar-refractivity contribution in [1.82, 2.24) is 5.32 Å². The molecule has 0 spiro atoms. The van der Waals surface area contributed by atoms with Crippen molar-refractivity contribution in [3.8, 4) is 0 Å². The number of carbonyl (C=O) groups excluding carboxylic acids is 1. The maximum Gasteiger partial charge on any atom is 0.253 e. The second-order valence-electron chi connectivity index (χ2n) is 1.76. The fourth-order valence-corrected chi connectivity index (χ4v) is 0.696. The van der Waals surface area contributed by atoms with Crippen molar-refractivity contribution >= 4 is 16.8 Å². The summed E-state index contributed by atoms with van der Waals surface area (Å²) in [7, 11) is 0. The van der Waals surface area contributed by atoms with Gasteiger partial charge in [0.15, 0.2) is 0 Å². The van der Waals surface area contributed by atoms with Crippen LogP contribution >= 0.6 is 11.6 Å². The molecular formula is C7H6ClNO. The minimum atomic E-state index is -0.451. The molecule has 52 valence electrons. The Morgan fingerprint density at radius 3 is 3.00 bits per heavy atom. The summed E-state index contributed by atoms with van der Waals surface area (Å²) in [5, 5.41) is 2.32. The van der Waals surface area contributed by atoms with E-state index in [0.29, 0.717) is 5.57 Å². The first-order chi connectivity index (χ1) is 4.80. The molecular weight excluding hydrogens is 150 g/mol. The van der Waals surface area contributed by atoms with Crippen molar-refractivity contribution < 1.29 is 4.79 Å². The van der Waals surface area contributed by atoms with Crippen molar-refractivity contribution in [2.45, 2.75) is 0 Å². The molecule has 0 aromatic heterocycles. The highest BCUT2D eigenvalue weighted by atomic mass is 35.5. The summed E-state index contributed by atoms with van der Waals surface area (Å²) in [4.78, 5) is 10.5. The lowest BCUT2D eigenvalue weighted by Crippen LogP contribution is -1.96. The summed E-state index contributed by atoms with van der Waals surface area (Å²) in [5.74, 6) is 0. The second kappa shape index (κ2) is 3.22. The van der Waals surface area contributed by atoms with Gasteiger partial charge in [0, 0.05) is 18.0 Å². The summed E-state index contributed by atoms with van der Waals surface area (Å²) >= 11 is 5.20. The predicted molar refractivity (Wildman–Crippen MR) is 40.4 cm³/mol. The fourth-order valence-electron chi connectivity index (χ4n) is 0.579. The van der Waals surface area contributed by atoms with E-state index < -0.39 is 5.24 Å². The predicted octanol–water partition coefficient (Wildman–Crippen LogP) is 1.31. The minimum Gasteiger partial charge on any atom is -0.367 e. The number of allylic oxidation sites excluding steroid dienone is 4. The number of hydrogen-bond acceptors (Lipinski definition) is 2. The number of halogens is 1. The third-order valence-corrected chi connectivity index (χ3v) is 1.26. The third kappa shape index (κ3) is 1.74. The molecule has 0 bridgehead atoms. The zero-order valence-electron chi connectivity index (χ0n) is 5.17. The SMILES string of the molecule is O=C(Cl)C1=CNC=CC=C1. The molecule has 1 aliphatic heterocycles. The monoisotopic (exact) mass is 155 g/mol. The van der Waals surface area contributed by atoms with Gasteiger partial charge < -0.3 is 5.32 Å². The second-order valence-corrected chi connectivity index (χ2v) is 2.10. The minimum absolute atomic E-state index is 0.451. The van der Waals surface area contributed by atoms with Crippen molar-refractivity contribution in [1.29, 1.82) is 0 Å². The highest BCUT2D eigenvalue weighted by Crippen LogP contribution is 2.02. The van der Waals surface area contributed by atoms with E-state index in [4.69, 9.17) is 11.6 Å². The zero-order valence-corrected chi connectivity index (χ0v) is 5.93. The molecule has 0 amide bonds. The molecule has 0 aliphatic carbocycles. The average Bonchev–Trinajstić information content (AvgIpc) is 2.12. The van der Waals surface area contributed by atoms with E-state index in [9.17, 15) is 4.79 Å². The molecule has 0 radical (unpaired) electrons. The molecule has 1 heterocycles. The van der Waals surface area contributed by atoms with Gasteiger partial charge in [0.2, 0.25) is 0 Å². The quantitative estimate of drug-likeness (QED) is 0.579. The van der Waals surface area contributed by atoms with Crippen LogP contribution in [0.1, 0.15) is 0 Å². The number of hydrogen-bond donors (Lipinski definition) is 1. The molecule has 1 rings (SSSR count). The maximum atomic E-state index is 10.5. The standard InChI is InChI=1S/C7H6ClNO/c8-7(10)6-3-1-2-4-9-5-6/h1-5,9H. The number of carbonyl (C=O) groups is 1. The van der Waals surface area contributed by atoms with Crippen molar-refractivity contribution in [3.63, 3.8) is 0 Å². The first-order valence-corrected chi connectivity index (χ1v) is 3.18. The Kier molecular flexibility index (Phi) is 2.29. The van der Waals surface area contributed by atoms with Crippen molar-refractivity contribution in [3.05, 3.63) is 36.2 Å². The first-order valence-electron chi connectivity index (χ1n) is 2.80. The van der Waals surface area contributed by atoms with Gasteiger partial charge in [-0.2, -0.15) is 0 Å². The molecule has 2 nitrogen and oxygen atoms in total. The van der Waals surface area contributed by atoms with Gasteiger partial charge in [-0.25, -0.2) is 0 Å². The van der Waals surface area contributed by atoms with Gasteiger partial charge in [-0.1, -0.05) is 6.08 Å². The first kappa shape index (κ1) is 7.09. The lowest BCUT2D eigenvalue weighted by molar-refractivity contribution is -0.108. The van der Waals surface area contributed by atoms with E-state index >= 15 is 0 Å². The number of rotatable bonds is 1. The molecule has 10 heavy (non-hydrogen) atoms. The lowest BCUT2D eigenvalue weighted by atomic mass is 10.3. The van der Waals surface area contributed by atoms with E-state index in [0.717, 1.165) is 0 Å². The highest BCUT2D eigenvalue weighted by Gasteiger charge is 2.00. The summed E-state index contributed by atoms with van der Waals surface area (Å²) < 4.78 is 0. The maximum absolute atomic E-state index is 10.5. The van der Waals surface area contributed by atoms with Gasteiger partial charge in [-0.05, 0) is 23.8 Å². The van der Waals surface area contributed by atoms with Crippen LogP contribution < -0.4 is 5.32 Å². The molecule has 0 aromatic carbocycles.